The second-order valence-corrected chi connectivity index (χ2v) is 4.07. The van der Waals surface area contributed by atoms with E-state index < -0.39 is 0 Å². The number of carbonyl (C=O) groups excluding carboxylic acids is 1. The summed E-state index contributed by atoms with van der Waals surface area (Å²) in [6.45, 7) is 1.96. The van der Waals surface area contributed by atoms with Gasteiger partial charge in [-0.3, -0.25) is 4.79 Å². The molecule has 3 atom stereocenters. The molecule has 0 aromatic heterocycles. The predicted molar refractivity (Wildman–Crippen MR) is 54.6 cm³/mol. The summed E-state index contributed by atoms with van der Waals surface area (Å²) in [5.41, 5.74) is 5.73. The number of hydrogen-bond donors (Lipinski definition) is 3. The number of hydrogen-bond acceptors (Lipinski definition) is 3. The first-order valence-corrected chi connectivity index (χ1v) is 5.34. The number of nitrogens with two attached hydrogens (primary N) is 1. The van der Waals surface area contributed by atoms with Crippen molar-refractivity contribution in [3.63, 3.8) is 0 Å². The highest BCUT2D eigenvalue weighted by atomic mass is 16.3. The van der Waals surface area contributed by atoms with Crippen LogP contribution in [0.25, 0.3) is 0 Å². The summed E-state index contributed by atoms with van der Waals surface area (Å²) in [6, 6.07) is 0.0827. The third-order valence-electron chi connectivity index (χ3n) is 2.90. The molecule has 1 aliphatic carbocycles. The van der Waals surface area contributed by atoms with Crippen molar-refractivity contribution in [1.82, 2.24) is 5.32 Å². The maximum absolute atomic E-state index is 11.6. The lowest BCUT2D eigenvalue weighted by Crippen LogP contribution is -2.40. The highest BCUT2D eigenvalue weighted by Gasteiger charge is 2.28. The van der Waals surface area contributed by atoms with Gasteiger partial charge in [0.15, 0.2) is 0 Å². The minimum absolute atomic E-state index is 0.0149. The molecular formula is C10H20N2O2. The molecule has 0 radical (unpaired) electrons. The Morgan fingerprint density at radius 3 is 2.79 bits per heavy atom. The maximum Gasteiger partial charge on any atom is 0.223 e. The first-order chi connectivity index (χ1) is 6.67. The average Bonchev–Trinajstić information content (AvgIpc) is 2.61. The van der Waals surface area contributed by atoms with E-state index in [9.17, 15) is 4.79 Å². The van der Waals surface area contributed by atoms with Gasteiger partial charge in [0.1, 0.15) is 0 Å². The quantitative estimate of drug-likeness (QED) is 0.598. The van der Waals surface area contributed by atoms with Gasteiger partial charge in [-0.25, -0.2) is 0 Å². The van der Waals surface area contributed by atoms with Gasteiger partial charge in [0.2, 0.25) is 5.91 Å². The molecule has 1 amide bonds. The average molecular weight is 200 g/mol. The van der Waals surface area contributed by atoms with Gasteiger partial charge in [-0.2, -0.15) is 0 Å². The van der Waals surface area contributed by atoms with Crippen LogP contribution >= 0.6 is 0 Å². The number of aliphatic hydroxyl groups excluding tert-OH is 1. The Morgan fingerprint density at radius 1 is 1.64 bits per heavy atom. The van der Waals surface area contributed by atoms with Crippen molar-refractivity contribution >= 4 is 5.91 Å². The fourth-order valence-electron chi connectivity index (χ4n) is 1.85. The Labute approximate surface area is 84.9 Å². The largest absolute Gasteiger partial charge is 0.394 e. The van der Waals surface area contributed by atoms with E-state index in [1.165, 1.54) is 0 Å². The van der Waals surface area contributed by atoms with Crippen LogP contribution in [0, 0.1) is 5.92 Å². The van der Waals surface area contributed by atoms with Gasteiger partial charge in [0.05, 0.1) is 12.6 Å². The Morgan fingerprint density at radius 2 is 2.36 bits per heavy atom. The lowest BCUT2D eigenvalue weighted by atomic mass is 10.1. The van der Waals surface area contributed by atoms with Gasteiger partial charge in [-0.15, -0.1) is 0 Å². The molecule has 0 spiro atoms. The van der Waals surface area contributed by atoms with Crippen LogP contribution in [-0.2, 0) is 4.79 Å². The topological polar surface area (TPSA) is 75.3 Å². The molecule has 4 nitrogen and oxygen atoms in total. The fourth-order valence-corrected chi connectivity index (χ4v) is 1.85. The van der Waals surface area contributed by atoms with Gasteiger partial charge in [-0.1, -0.05) is 6.92 Å². The molecule has 14 heavy (non-hydrogen) atoms. The van der Waals surface area contributed by atoms with Gasteiger partial charge in [0.25, 0.3) is 0 Å². The van der Waals surface area contributed by atoms with Crippen molar-refractivity contribution in [3.05, 3.63) is 0 Å². The summed E-state index contributed by atoms with van der Waals surface area (Å²) >= 11 is 0. The van der Waals surface area contributed by atoms with Gasteiger partial charge in [-0.05, 0) is 25.7 Å². The third-order valence-corrected chi connectivity index (χ3v) is 2.90. The molecule has 0 aromatic rings. The summed E-state index contributed by atoms with van der Waals surface area (Å²) in [5.74, 6) is 0.115. The summed E-state index contributed by atoms with van der Waals surface area (Å²) in [5, 5.41) is 11.8. The van der Waals surface area contributed by atoms with Crippen LogP contribution in [-0.4, -0.2) is 29.7 Å². The highest BCUT2D eigenvalue weighted by Crippen LogP contribution is 2.24. The normalized spacial score (nSPS) is 28.8. The maximum atomic E-state index is 11.6. The molecule has 0 aliphatic heterocycles. The first-order valence-electron chi connectivity index (χ1n) is 5.34. The molecule has 1 saturated carbocycles. The fraction of sp³-hybridized carbons (Fsp3) is 0.900. The highest BCUT2D eigenvalue weighted by molar-refractivity contribution is 5.79. The number of rotatable bonds is 4. The lowest BCUT2D eigenvalue weighted by molar-refractivity contribution is -0.125. The minimum atomic E-state index is -0.0978. The molecule has 2 unspecified atom stereocenters. The predicted octanol–water partition coefficient (Wildman–Crippen LogP) is 0.000900. The second-order valence-electron chi connectivity index (χ2n) is 4.07. The zero-order chi connectivity index (χ0) is 10.6. The SMILES string of the molecule is CC[C@@H](CO)NC(=O)C1CCC(N)C1. The molecule has 0 aromatic carbocycles. The molecule has 1 aliphatic rings. The van der Waals surface area contributed by atoms with Crippen molar-refractivity contribution in [2.24, 2.45) is 11.7 Å². The van der Waals surface area contributed by atoms with Gasteiger partial charge in [0, 0.05) is 12.0 Å². The molecule has 0 heterocycles. The molecule has 0 bridgehead atoms. The molecular weight excluding hydrogens is 180 g/mol. The van der Waals surface area contributed by atoms with Crippen molar-refractivity contribution in [2.45, 2.75) is 44.7 Å². The Bertz CT molecular complexity index is 193. The van der Waals surface area contributed by atoms with Crippen LogP contribution in [0.15, 0.2) is 0 Å². The molecule has 1 fully saturated rings. The van der Waals surface area contributed by atoms with Crippen molar-refractivity contribution in [1.29, 1.82) is 0 Å². The molecule has 0 saturated heterocycles. The number of nitrogens with one attached hydrogen (secondary N) is 1. The number of aliphatic hydroxyl groups is 1. The van der Waals surface area contributed by atoms with Crippen molar-refractivity contribution < 1.29 is 9.90 Å². The standard InChI is InChI=1S/C10H20N2O2/c1-2-9(6-13)12-10(14)7-3-4-8(11)5-7/h7-9,13H,2-6,11H2,1H3,(H,12,14)/t7?,8?,9-/m0/s1. The minimum Gasteiger partial charge on any atom is -0.394 e. The first kappa shape index (κ1) is 11.5. The second kappa shape index (κ2) is 5.32. The monoisotopic (exact) mass is 200 g/mol. The number of carbonyl (C=O) groups is 1. The van der Waals surface area contributed by atoms with Gasteiger partial charge < -0.3 is 16.2 Å². The van der Waals surface area contributed by atoms with E-state index >= 15 is 0 Å². The molecule has 4 heteroatoms. The molecule has 1 rings (SSSR count). The zero-order valence-electron chi connectivity index (χ0n) is 8.70. The van der Waals surface area contributed by atoms with E-state index in [1.54, 1.807) is 0 Å². The van der Waals surface area contributed by atoms with Crippen molar-refractivity contribution in [2.75, 3.05) is 6.61 Å². The zero-order valence-corrected chi connectivity index (χ0v) is 8.70. The molecule has 82 valence electrons. The Kier molecular flexibility index (Phi) is 4.35. The lowest BCUT2D eigenvalue weighted by Gasteiger charge is -2.17. The van der Waals surface area contributed by atoms with Crippen LogP contribution in [0.4, 0.5) is 0 Å². The van der Waals surface area contributed by atoms with Crippen LogP contribution in [0.3, 0.4) is 0 Å². The summed E-state index contributed by atoms with van der Waals surface area (Å²) < 4.78 is 0. The summed E-state index contributed by atoms with van der Waals surface area (Å²) in [7, 11) is 0. The van der Waals surface area contributed by atoms with Crippen LogP contribution in [0.1, 0.15) is 32.6 Å². The Balaban J connectivity index is 2.34. The third kappa shape index (κ3) is 2.96. The van der Waals surface area contributed by atoms with Crippen LogP contribution in [0.2, 0.25) is 0 Å². The van der Waals surface area contributed by atoms with E-state index in [0.717, 1.165) is 25.7 Å². The smallest absolute Gasteiger partial charge is 0.223 e. The van der Waals surface area contributed by atoms with E-state index in [0.29, 0.717) is 0 Å². The molecule has 4 N–H and O–H groups in total. The number of amides is 1. The van der Waals surface area contributed by atoms with E-state index in [-0.39, 0.29) is 30.5 Å². The van der Waals surface area contributed by atoms with E-state index in [4.69, 9.17) is 10.8 Å². The van der Waals surface area contributed by atoms with Crippen LogP contribution < -0.4 is 11.1 Å². The summed E-state index contributed by atoms with van der Waals surface area (Å²) in [4.78, 5) is 11.6. The van der Waals surface area contributed by atoms with Crippen LogP contribution in [0.5, 0.6) is 0 Å². The van der Waals surface area contributed by atoms with E-state index in [1.807, 2.05) is 6.92 Å². The Hall–Kier alpha value is -0.610. The summed E-state index contributed by atoms with van der Waals surface area (Å²) in [6.07, 6.45) is 3.37. The van der Waals surface area contributed by atoms with E-state index in [2.05, 4.69) is 5.32 Å². The van der Waals surface area contributed by atoms with Crippen molar-refractivity contribution in [3.8, 4) is 0 Å². The van der Waals surface area contributed by atoms with Gasteiger partial charge >= 0.3 is 0 Å².